The molecule has 1 aliphatic heterocycles. The number of ether oxygens (including phenoxy) is 2. The van der Waals surface area contributed by atoms with Crippen LogP contribution in [0.2, 0.25) is 0 Å². The van der Waals surface area contributed by atoms with E-state index in [0.29, 0.717) is 25.9 Å². The molecular weight excluding hydrogens is 360 g/mol. The van der Waals surface area contributed by atoms with E-state index in [4.69, 9.17) is 4.74 Å². The number of carbonyl (C=O) groups excluding carboxylic acids is 2. The summed E-state index contributed by atoms with van der Waals surface area (Å²) in [4.78, 5) is 23.7. The minimum absolute atomic E-state index is 0.0553. The fourth-order valence-electron chi connectivity index (χ4n) is 2.99. The van der Waals surface area contributed by atoms with Gasteiger partial charge >= 0.3 is 11.9 Å². The predicted octanol–water partition coefficient (Wildman–Crippen LogP) is 1.02. The highest BCUT2D eigenvalue weighted by molar-refractivity contribution is 7.89. The fraction of sp³-hybridized carbons (Fsp3) is 0.529. The molecule has 0 spiro atoms. The fourth-order valence-corrected chi connectivity index (χ4v) is 4.94. The number of nitrogens with zero attached hydrogens (tertiary/aromatic N) is 1. The molecule has 144 valence electrons. The van der Waals surface area contributed by atoms with Crippen LogP contribution < -0.4 is 5.32 Å². The number of esters is 2. The zero-order valence-electron chi connectivity index (χ0n) is 15.1. The van der Waals surface area contributed by atoms with Gasteiger partial charge in [0.1, 0.15) is 0 Å². The van der Waals surface area contributed by atoms with Crippen molar-refractivity contribution < 1.29 is 27.5 Å². The van der Waals surface area contributed by atoms with Crippen LogP contribution in [-0.2, 0) is 19.5 Å². The molecule has 1 aliphatic rings. The Bertz CT molecular complexity index is 771. The highest BCUT2D eigenvalue weighted by atomic mass is 32.2. The molecule has 0 amide bonds. The molecule has 0 bridgehead atoms. The third kappa shape index (κ3) is 4.05. The lowest BCUT2D eigenvalue weighted by atomic mass is 10.1. The van der Waals surface area contributed by atoms with E-state index in [1.807, 2.05) is 6.92 Å². The number of benzene rings is 1. The average molecular weight is 384 g/mol. The van der Waals surface area contributed by atoms with Gasteiger partial charge in [-0.1, -0.05) is 6.92 Å². The summed E-state index contributed by atoms with van der Waals surface area (Å²) in [6.07, 6.45) is 1.31. The zero-order chi connectivity index (χ0) is 19.3. The lowest BCUT2D eigenvalue weighted by Crippen LogP contribution is -2.42. The van der Waals surface area contributed by atoms with E-state index in [-0.39, 0.29) is 22.1 Å². The maximum atomic E-state index is 13.4. The minimum Gasteiger partial charge on any atom is -0.465 e. The van der Waals surface area contributed by atoms with Gasteiger partial charge in [-0.25, -0.2) is 18.0 Å². The van der Waals surface area contributed by atoms with E-state index in [1.165, 1.54) is 36.7 Å². The van der Waals surface area contributed by atoms with E-state index in [2.05, 4.69) is 10.1 Å². The molecule has 1 saturated heterocycles. The number of carbonyl (C=O) groups is 2. The molecule has 1 fully saturated rings. The lowest BCUT2D eigenvalue weighted by molar-refractivity contribution is 0.0583. The molecule has 1 heterocycles. The Morgan fingerprint density at radius 2 is 1.92 bits per heavy atom. The van der Waals surface area contributed by atoms with Crippen LogP contribution in [0.15, 0.2) is 23.1 Å². The number of hydrogen-bond acceptors (Lipinski definition) is 7. The molecule has 1 aromatic carbocycles. The van der Waals surface area contributed by atoms with Gasteiger partial charge in [-0.15, -0.1) is 0 Å². The van der Waals surface area contributed by atoms with Gasteiger partial charge in [-0.05, 0) is 37.6 Å². The van der Waals surface area contributed by atoms with Crippen molar-refractivity contribution in [3.63, 3.8) is 0 Å². The summed E-state index contributed by atoms with van der Waals surface area (Å²) in [5.41, 5.74) is -0.0491. The Morgan fingerprint density at radius 3 is 2.46 bits per heavy atom. The van der Waals surface area contributed by atoms with Gasteiger partial charge in [0.2, 0.25) is 10.0 Å². The highest BCUT2D eigenvalue weighted by Gasteiger charge is 2.35. The van der Waals surface area contributed by atoms with E-state index in [1.54, 1.807) is 0 Å². The van der Waals surface area contributed by atoms with Crippen molar-refractivity contribution in [3.8, 4) is 0 Å². The van der Waals surface area contributed by atoms with Crippen LogP contribution in [-0.4, -0.2) is 64.6 Å². The molecule has 1 aromatic rings. The standard InChI is InChI=1S/C17H24N2O6S/c1-4-9-19(13-7-8-18-11-13)26(22,23)15-10-12(16(20)24-2)5-6-14(15)17(21)25-3/h5-6,10,13,18H,4,7-9,11H2,1-3H3. The Balaban J connectivity index is 2.59. The van der Waals surface area contributed by atoms with Crippen LogP contribution >= 0.6 is 0 Å². The Hall–Kier alpha value is -1.97. The van der Waals surface area contributed by atoms with Gasteiger partial charge in [-0.3, -0.25) is 0 Å². The van der Waals surface area contributed by atoms with Gasteiger partial charge in [0.15, 0.2) is 0 Å². The van der Waals surface area contributed by atoms with Crippen LogP contribution in [0.25, 0.3) is 0 Å². The SMILES string of the molecule is CCCN(C1CCNC1)S(=O)(=O)c1cc(C(=O)OC)ccc1C(=O)OC. The molecule has 0 aromatic heterocycles. The Kier molecular flexibility index (Phi) is 6.74. The zero-order valence-corrected chi connectivity index (χ0v) is 16.0. The van der Waals surface area contributed by atoms with E-state index in [0.717, 1.165) is 6.54 Å². The van der Waals surface area contributed by atoms with E-state index >= 15 is 0 Å². The molecule has 26 heavy (non-hydrogen) atoms. The van der Waals surface area contributed by atoms with Crippen molar-refractivity contribution >= 4 is 22.0 Å². The maximum Gasteiger partial charge on any atom is 0.339 e. The molecule has 9 heteroatoms. The first kappa shape index (κ1) is 20.3. The first-order chi connectivity index (χ1) is 12.4. The Morgan fingerprint density at radius 1 is 1.23 bits per heavy atom. The van der Waals surface area contributed by atoms with Crippen molar-refractivity contribution in [2.45, 2.75) is 30.7 Å². The van der Waals surface area contributed by atoms with Crippen molar-refractivity contribution in [1.29, 1.82) is 0 Å². The monoisotopic (exact) mass is 384 g/mol. The normalized spacial score (nSPS) is 17.3. The third-order valence-corrected chi connectivity index (χ3v) is 6.27. The number of sulfonamides is 1. The second-order valence-corrected chi connectivity index (χ2v) is 7.82. The molecule has 1 N–H and O–H groups in total. The van der Waals surface area contributed by atoms with Crippen molar-refractivity contribution in [2.75, 3.05) is 33.9 Å². The molecule has 2 rings (SSSR count). The van der Waals surface area contributed by atoms with Gasteiger partial charge in [-0.2, -0.15) is 4.31 Å². The van der Waals surface area contributed by atoms with E-state index in [9.17, 15) is 18.0 Å². The molecule has 1 atom stereocenters. The summed E-state index contributed by atoms with van der Waals surface area (Å²) in [7, 11) is -1.63. The lowest BCUT2D eigenvalue weighted by Gasteiger charge is -2.28. The summed E-state index contributed by atoms with van der Waals surface area (Å²) >= 11 is 0. The van der Waals surface area contributed by atoms with Crippen LogP contribution in [0.3, 0.4) is 0 Å². The van der Waals surface area contributed by atoms with Crippen molar-refractivity contribution in [1.82, 2.24) is 9.62 Å². The van der Waals surface area contributed by atoms with Crippen LogP contribution in [0, 0.1) is 0 Å². The highest BCUT2D eigenvalue weighted by Crippen LogP contribution is 2.26. The molecule has 0 saturated carbocycles. The summed E-state index contributed by atoms with van der Waals surface area (Å²) in [5.74, 6) is -1.46. The topological polar surface area (TPSA) is 102 Å². The second kappa shape index (κ2) is 8.61. The molecular formula is C17H24N2O6S. The Labute approximate surface area is 153 Å². The molecule has 0 radical (unpaired) electrons. The largest absolute Gasteiger partial charge is 0.465 e. The van der Waals surface area contributed by atoms with Crippen molar-refractivity contribution in [2.24, 2.45) is 0 Å². The minimum atomic E-state index is -4.01. The van der Waals surface area contributed by atoms with Crippen LogP contribution in [0.5, 0.6) is 0 Å². The first-order valence-electron chi connectivity index (χ1n) is 8.40. The first-order valence-corrected chi connectivity index (χ1v) is 9.84. The summed E-state index contributed by atoms with van der Waals surface area (Å²) < 4.78 is 37.5. The van der Waals surface area contributed by atoms with Gasteiger partial charge in [0.25, 0.3) is 0 Å². The number of rotatable bonds is 7. The summed E-state index contributed by atoms with van der Waals surface area (Å²) in [5, 5.41) is 3.15. The number of hydrogen-bond donors (Lipinski definition) is 1. The molecule has 0 aliphatic carbocycles. The quantitative estimate of drug-likeness (QED) is 0.700. The predicted molar refractivity (Wildman–Crippen MR) is 94.6 cm³/mol. The van der Waals surface area contributed by atoms with Crippen molar-refractivity contribution in [3.05, 3.63) is 29.3 Å². The van der Waals surface area contributed by atoms with E-state index < -0.39 is 22.0 Å². The summed E-state index contributed by atoms with van der Waals surface area (Å²) in [6.45, 7) is 3.48. The number of nitrogens with one attached hydrogen (secondary N) is 1. The van der Waals surface area contributed by atoms with Gasteiger partial charge in [0.05, 0.1) is 30.2 Å². The molecule has 1 unspecified atom stereocenters. The second-order valence-electron chi connectivity index (χ2n) is 5.96. The number of methoxy groups -OCH3 is 2. The molecule has 8 nitrogen and oxygen atoms in total. The summed E-state index contributed by atoms with van der Waals surface area (Å²) in [6, 6.07) is 3.60. The maximum absolute atomic E-state index is 13.4. The van der Waals surface area contributed by atoms with Gasteiger partial charge in [0, 0.05) is 19.1 Å². The van der Waals surface area contributed by atoms with Crippen LogP contribution in [0.4, 0.5) is 0 Å². The van der Waals surface area contributed by atoms with Crippen LogP contribution in [0.1, 0.15) is 40.5 Å². The smallest absolute Gasteiger partial charge is 0.339 e. The third-order valence-electron chi connectivity index (χ3n) is 4.28. The average Bonchev–Trinajstić information content (AvgIpc) is 3.18. The van der Waals surface area contributed by atoms with Gasteiger partial charge < -0.3 is 14.8 Å².